The number of nitro benzene ring substituents is 1. The topological polar surface area (TPSA) is 102 Å². The summed E-state index contributed by atoms with van der Waals surface area (Å²) in [5.41, 5.74) is 4.10. The molecule has 0 amide bonds. The third-order valence-electron chi connectivity index (χ3n) is 4.51. The Morgan fingerprint density at radius 1 is 1.17 bits per heavy atom. The summed E-state index contributed by atoms with van der Waals surface area (Å²) in [6.45, 7) is 2.07. The highest BCUT2D eigenvalue weighted by Crippen LogP contribution is 2.34. The molecule has 29 heavy (non-hydrogen) atoms. The van der Waals surface area contributed by atoms with Crippen LogP contribution in [0.3, 0.4) is 0 Å². The number of aryl methyl sites for hydroxylation is 1. The number of oxazole rings is 1. The van der Waals surface area contributed by atoms with Gasteiger partial charge in [-0.05, 0) is 47.9 Å². The minimum atomic E-state index is -0.451. The first kappa shape index (κ1) is 18.4. The van der Waals surface area contributed by atoms with Crippen LogP contribution in [0.15, 0.2) is 70.1 Å². The third kappa shape index (κ3) is 3.84. The molecule has 0 radical (unpaired) electrons. The van der Waals surface area contributed by atoms with Crippen LogP contribution in [0.4, 0.5) is 11.4 Å². The quantitative estimate of drug-likeness (QED) is 0.280. The van der Waals surface area contributed by atoms with Crippen molar-refractivity contribution >= 4 is 28.7 Å². The van der Waals surface area contributed by atoms with Gasteiger partial charge >= 0.3 is 0 Å². The molecule has 0 bridgehead atoms. The van der Waals surface area contributed by atoms with E-state index in [1.165, 1.54) is 24.4 Å². The van der Waals surface area contributed by atoms with Gasteiger partial charge in [-0.2, -0.15) is 0 Å². The van der Waals surface area contributed by atoms with E-state index in [-0.39, 0.29) is 11.4 Å². The van der Waals surface area contributed by atoms with Gasteiger partial charge < -0.3 is 9.52 Å². The molecule has 7 heteroatoms. The number of hydrogen-bond donors (Lipinski definition) is 1. The summed E-state index contributed by atoms with van der Waals surface area (Å²) in [6, 6.07) is 16.8. The maximum atomic E-state index is 10.9. The Hall–Kier alpha value is -4.00. The molecule has 7 nitrogen and oxygen atoms in total. The van der Waals surface area contributed by atoms with E-state index in [4.69, 9.17) is 4.42 Å². The van der Waals surface area contributed by atoms with E-state index < -0.39 is 4.92 Å². The van der Waals surface area contributed by atoms with Crippen LogP contribution < -0.4 is 0 Å². The largest absolute Gasteiger partial charge is 0.507 e. The average Bonchev–Trinajstić information content (AvgIpc) is 3.16. The highest BCUT2D eigenvalue weighted by molar-refractivity contribution is 5.84. The van der Waals surface area contributed by atoms with Crippen LogP contribution in [0, 0.1) is 10.1 Å². The molecule has 4 aromatic rings. The van der Waals surface area contributed by atoms with Crippen LogP contribution in [0.1, 0.15) is 18.1 Å². The van der Waals surface area contributed by atoms with Gasteiger partial charge in [0.05, 0.1) is 16.2 Å². The van der Waals surface area contributed by atoms with Gasteiger partial charge in [-0.15, -0.1) is 0 Å². The maximum Gasteiger partial charge on any atom is 0.270 e. The zero-order valence-corrected chi connectivity index (χ0v) is 15.6. The van der Waals surface area contributed by atoms with E-state index in [9.17, 15) is 15.2 Å². The predicted molar refractivity (Wildman–Crippen MR) is 111 cm³/mol. The zero-order valence-electron chi connectivity index (χ0n) is 15.6. The van der Waals surface area contributed by atoms with Crippen molar-refractivity contribution in [3.63, 3.8) is 0 Å². The number of fused-ring (bicyclic) bond motifs is 1. The maximum absolute atomic E-state index is 10.9. The third-order valence-corrected chi connectivity index (χ3v) is 4.51. The molecule has 0 spiro atoms. The Morgan fingerprint density at radius 2 is 2.03 bits per heavy atom. The van der Waals surface area contributed by atoms with Gasteiger partial charge in [-0.1, -0.05) is 25.1 Å². The Kier molecular flexibility index (Phi) is 4.78. The SMILES string of the molecule is CCc1ccc2oc(-c3cc(N=Cc4cccc([N+](=O)[O-])c4)ccc3O)nc2c1. The van der Waals surface area contributed by atoms with E-state index in [1.54, 1.807) is 24.3 Å². The second-order valence-electron chi connectivity index (χ2n) is 6.49. The molecule has 0 saturated carbocycles. The Morgan fingerprint density at radius 3 is 2.83 bits per heavy atom. The number of non-ortho nitro benzene ring substituents is 1. The lowest BCUT2D eigenvalue weighted by Gasteiger charge is -2.02. The van der Waals surface area contributed by atoms with Crippen molar-refractivity contribution in [3.8, 4) is 17.2 Å². The molecule has 0 aliphatic heterocycles. The molecule has 0 saturated heterocycles. The first-order valence-corrected chi connectivity index (χ1v) is 9.05. The lowest BCUT2D eigenvalue weighted by Crippen LogP contribution is -1.89. The lowest BCUT2D eigenvalue weighted by atomic mass is 10.1. The first-order valence-electron chi connectivity index (χ1n) is 9.05. The Labute approximate surface area is 166 Å². The standard InChI is InChI=1S/C22H17N3O4/c1-2-14-6-9-21-19(11-14)24-22(29-21)18-12-16(7-8-20(18)26)23-13-15-4-3-5-17(10-15)25(27)28/h3-13,26H,2H2,1H3. The second-order valence-corrected chi connectivity index (χ2v) is 6.49. The Balaban J connectivity index is 1.67. The van der Waals surface area contributed by atoms with Crippen LogP contribution in [0.25, 0.3) is 22.6 Å². The lowest BCUT2D eigenvalue weighted by molar-refractivity contribution is -0.384. The van der Waals surface area contributed by atoms with Crippen LogP contribution in [-0.2, 0) is 6.42 Å². The van der Waals surface area contributed by atoms with Crippen LogP contribution in [0.2, 0.25) is 0 Å². The average molecular weight is 387 g/mol. The molecule has 144 valence electrons. The number of aromatic hydroxyl groups is 1. The van der Waals surface area contributed by atoms with Gasteiger partial charge in [0.15, 0.2) is 5.58 Å². The highest BCUT2D eigenvalue weighted by Gasteiger charge is 2.13. The minimum Gasteiger partial charge on any atom is -0.507 e. The molecule has 1 heterocycles. The number of phenols is 1. The molecule has 0 fully saturated rings. The number of phenolic OH excluding ortho intramolecular Hbond substituents is 1. The number of benzene rings is 3. The number of hydrogen-bond acceptors (Lipinski definition) is 6. The summed E-state index contributed by atoms with van der Waals surface area (Å²) >= 11 is 0. The fraction of sp³-hybridized carbons (Fsp3) is 0.0909. The van der Waals surface area contributed by atoms with Crippen LogP contribution in [0.5, 0.6) is 5.75 Å². The van der Waals surface area contributed by atoms with Crippen molar-refractivity contribution in [3.05, 3.63) is 81.9 Å². The zero-order chi connectivity index (χ0) is 20.4. The van der Waals surface area contributed by atoms with E-state index >= 15 is 0 Å². The molecule has 0 aliphatic carbocycles. The van der Waals surface area contributed by atoms with Crippen LogP contribution in [-0.4, -0.2) is 21.2 Å². The summed E-state index contributed by atoms with van der Waals surface area (Å²) in [7, 11) is 0. The number of nitro groups is 1. The first-order chi connectivity index (χ1) is 14.0. The van der Waals surface area contributed by atoms with Crippen molar-refractivity contribution in [2.75, 3.05) is 0 Å². The highest BCUT2D eigenvalue weighted by atomic mass is 16.6. The van der Waals surface area contributed by atoms with Crippen LogP contribution >= 0.6 is 0 Å². The van der Waals surface area contributed by atoms with Gasteiger partial charge in [-0.3, -0.25) is 15.1 Å². The molecular weight excluding hydrogens is 370 g/mol. The van der Waals surface area contributed by atoms with Crippen molar-refractivity contribution in [1.29, 1.82) is 0 Å². The summed E-state index contributed by atoms with van der Waals surface area (Å²) in [5.74, 6) is 0.333. The van der Waals surface area contributed by atoms with Gasteiger partial charge in [0.2, 0.25) is 5.89 Å². The van der Waals surface area contributed by atoms with Crippen molar-refractivity contribution < 1.29 is 14.4 Å². The number of aliphatic imine (C=N–C) groups is 1. The molecule has 1 aromatic heterocycles. The van der Waals surface area contributed by atoms with Gasteiger partial charge in [0, 0.05) is 18.3 Å². The Bertz CT molecular complexity index is 1240. The second kappa shape index (κ2) is 7.55. The monoisotopic (exact) mass is 387 g/mol. The minimum absolute atomic E-state index is 0.00160. The summed E-state index contributed by atoms with van der Waals surface area (Å²) in [5, 5.41) is 21.2. The van der Waals surface area contributed by atoms with Crippen molar-refractivity contribution in [2.45, 2.75) is 13.3 Å². The molecule has 0 unspecified atom stereocenters. The van der Waals surface area contributed by atoms with Crippen molar-refractivity contribution in [2.24, 2.45) is 4.99 Å². The fourth-order valence-corrected chi connectivity index (χ4v) is 2.95. The van der Waals surface area contributed by atoms with Gasteiger partial charge in [-0.25, -0.2) is 4.98 Å². The van der Waals surface area contributed by atoms with Gasteiger partial charge in [0.1, 0.15) is 11.3 Å². The molecular formula is C22H17N3O4. The number of nitrogens with zero attached hydrogens (tertiary/aromatic N) is 3. The summed E-state index contributed by atoms with van der Waals surface area (Å²) < 4.78 is 5.80. The molecule has 1 N–H and O–H groups in total. The summed E-state index contributed by atoms with van der Waals surface area (Å²) in [6.07, 6.45) is 2.42. The van der Waals surface area contributed by atoms with E-state index in [0.717, 1.165) is 17.5 Å². The number of rotatable bonds is 5. The van der Waals surface area contributed by atoms with Gasteiger partial charge in [0.25, 0.3) is 5.69 Å². The van der Waals surface area contributed by atoms with Crippen molar-refractivity contribution in [1.82, 2.24) is 4.98 Å². The molecule has 0 atom stereocenters. The normalized spacial score (nSPS) is 11.3. The molecule has 0 aliphatic rings. The van der Waals surface area contributed by atoms with E-state index in [2.05, 4.69) is 16.9 Å². The van der Waals surface area contributed by atoms with E-state index in [0.29, 0.717) is 28.3 Å². The van der Waals surface area contributed by atoms with E-state index in [1.807, 2.05) is 18.2 Å². The smallest absolute Gasteiger partial charge is 0.270 e. The molecule has 4 rings (SSSR count). The summed E-state index contributed by atoms with van der Waals surface area (Å²) in [4.78, 5) is 19.3. The molecule has 3 aromatic carbocycles. The predicted octanol–water partition coefficient (Wildman–Crippen LogP) is 5.42. The number of aromatic nitrogens is 1. The fourth-order valence-electron chi connectivity index (χ4n) is 2.95.